The first-order valence-corrected chi connectivity index (χ1v) is 13.8. The maximum Gasteiger partial charge on any atom is 0.254 e. The van der Waals surface area contributed by atoms with Crippen molar-refractivity contribution in [3.8, 4) is 5.75 Å². The van der Waals surface area contributed by atoms with Gasteiger partial charge in [-0.2, -0.15) is 0 Å². The molecule has 0 radical (unpaired) electrons. The number of ether oxygens (including phenoxy) is 1. The van der Waals surface area contributed by atoms with Crippen LogP contribution in [0.2, 0.25) is 0 Å². The lowest BCUT2D eigenvalue weighted by Gasteiger charge is -2.37. The number of carbonyl (C=O) groups is 3. The molecule has 2 N–H and O–H groups in total. The van der Waals surface area contributed by atoms with Gasteiger partial charge in [-0.15, -0.1) is 0 Å². The van der Waals surface area contributed by atoms with Crippen molar-refractivity contribution in [1.29, 1.82) is 0 Å². The van der Waals surface area contributed by atoms with Crippen LogP contribution in [-0.2, 0) is 11.2 Å². The fourth-order valence-corrected chi connectivity index (χ4v) is 5.14. The fourth-order valence-electron chi connectivity index (χ4n) is 5.14. The number of benzene rings is 3. The highest BCUT2D eigenvalue weighted by Crippen LogP contribution is 2.30. The second-order valence-electron chi connectivity index (χ2n) is 10.1. The van der Waals surface area contributed by atoms with Gasteiger partial charge < -0.3 is 30.1 Å². The number of halogens is 1. The molecule has 2 saturated heterocycles. The van der Waals surface area contributed by atoms with E-state index in [1.807, 2.05) is 35.2 Å². The molecule has 10 heteroatoms. The van der Waals surface area contributed by atoms with Gasteiger partial charge in [0.15, 0.2) is 0 Å². The Morgan fingerprint density at radius 1 is 0.805 bits per heavy atom. The molecular weight excluding hydrogens is 525 g/mol. The van der Waals surface area contributed by atoms with Gasteiger partial charge in [0.05, 0.1) is 24.9 Å². The molecule has 3 aromatic rings. The molecule has 3 amide bonds. The van der Waals surface area contributed by atoms with Crippen molar-refractivity contribution in [2.45, 2.75) is 6.42 Å². The summed E-state index contributed by atoms with van der Waals surface area (Å²) in [5.41, 5.74) is 3.15. The summed E-state index contributed by atoms with van der Waals surface area (Å²) < 4.78 is 18.5. The quantitative estimate of drug-likeness (QED) is 0.462. The van der Waals surface area contributed by atoms with Gasteiger partial charge in [0, 0.05) is 63.5 Å². The Balaban J connectivity index is 1.33. The van der Waals surface area contributed by atoms with Crippen LogP contribution in [0.5, 0.6) is 5.75 Å². The minimum Gasteiger partial charge on any atom is -0.497 e. The molecule has 3 aromatic carbocycles. The molecule has 5 rings (SSSR count). The first kappa shape index (κ1) is 28.1. The molecule has 0 bridgehead atoms. The van der Waals surface area contributed by atoms with Gasteiger partial charge in [0.2, 0.25) is 5.91 Å². The Kier molecular flexibility index (Phi) is 8.79. The van der Waals surface area contributed by atoms with Gasteiger partial charge in [-0.05, 0) is 60.2 Å². The minimum absolute atomic E-state index is 0.0709. The van der Waals surface area contributed by atoms with Crippen LogP contribution >= 0.6 is 0 Å². The Morgan fingerprint density at radius 3 is 2.07 bits per heavy atom. The molecule has 41 heavy (non-hydrogen) atoms. The topological polar surface area (TPSA) is 94.2 Å². The first-order valence-electron chi connectivity index (χ1n) is 13.8. The monoisotopic (exact) mass is 559 g/mol. The van der Waals surface area contributed by atoms with E-state index in [-0.39, 0.29) is 30.0 Å². The Hall–Kier alpha value is -4.44. The van der Waals surface area contributed by atoms with E-state index in [2.05, 4.69) is 15.5 Å². The normalized spacial score (nSPS) is 15.4. The van der Waals surface area contributed by atoms with Crippen LogP contribution in [0.25, 0.3) is 0 Å². The van der Waals surface area contributed by atoms with Crippen LogP contribution < -0.4 is 20.3 Å². The highest BCUT2D eigenvalue weighted by molar-refractivity contribution is 6.00. The number of rotatable bonds is 7. The maximum absolute atomic E-state index is 13.3. The zero-order valence-electron chi connectivity index (χ0n) is 23.1. The number of methoxy groups -OCH3 is 1. The largest absolute Gasteiger partial charge is 0.497 e. The molecule has 2 fully saturated rings. The average molecular weight is 560 g/mol. The van der Waals surface area contributed by atoms with Gasteiger partial charge in [-0.1, -0.05) is 12.1 Å². The summed E-state index contributed by atoms with van der Waals surface area (Å²) in [5, 5.41) is 6.29. The molecule has 0 spiro atoms. The van der Waals surface area contributed by atoms with E-state index >= 15 is 0 Å². The van der Waals surface area contributed by atoms with Gasteiger partial charge in [0.25, 0.3) is 11.8 Å². The van der Waals surface area contributed by atoms with Crippen molar-refractivity contribution in [3.05, 3.63) is 89.2 Å². The number of piperazine rings is 2. The van der Waals surface area contributed by atoms with Gasteiger partial charge in [-0.3, -0.25) is 14.4 Å². The Labute approximate surface area is 238 Å². The predicted octanol–water partition coefficient (Wildman–Crippen LogP) is 3.02. The van der Waals surface area contributed by atoms with Gasteiger partial charge in [-0.25, -0.2) is 4.39 Å². The number of nitrogens with zero attached hydrogens (tertiary/aromatic N) is 3. The number of hydrogen-bond donors (Lipinski definition) is 2. The third kappa shape index (κ3) is 6.83. The van der Waals surface area contributed by atoms with E-state index in [1.165, 1.54) is 24.3 Å². The lowest BCUT2D eigenvalue weighted by Crippen LogP contribution is -2.49. The summed E-state index contributed by atoms with van der Waals surface area (Å²) in [7, 11) is 1.59. The lowest BCUT2D eigenvalue weighted by atomic mass is 10.1. The zero-order valence-corrected chi connectivity index (χ0v) is 23.1. The van der Waals surface area contributed by atoms with Crippen LogP contribution in [0.1, 0.15) is 26.3 Å². The molecule has 9 nitrogen and oxygen atoms in total. The molecule has 0 unspecified atom stereocenters. The van der Waals surface area contributed by atoms with Crippen LogP contribution in [0.3, 0.4) is 0 Å². The Bertz CT molecular complexity index is 1380. The van der Waals surface area contributed by atoms with Crippen LogP contribution in [0.4, 0.5) is 15.8 Å². The van der Waals surface area contributed by atoms with Gasteiger partial charge >= 0.3 is 0 Å². The van der Waals surface area contributed by atoms with Crippen molar-refractivity contribution in [1.82, 2.24) is 15.1 Å². The van der Waals surface area contributed by atoms with Crippen molar-refractivity contribution in [2.75, 3.05) is 69.7 Å². The SMILES string of the molecule is COc1ccc(CC(=O)Nc2cc(C(=O)N3CCNCC3)ccc2N2CCN(C(=O)c3ccc(F)cc3)CC2)cc1. The number of carbonyl (C=O) groups excluding carboxylic acids is 3. The van der Waals surface area contributed by atoms with E-state index in [4.69, 9.17) is 4.74 Å². The number of nitrogens with one attached hydrogen (secondary N) is 2. The van der Waals surface area contributed by atoms with E-state index in [0.717, 1.165) is 24.3 Å². The fraction of sp³-hybridized carbons (Fsp3) is 0.323. The summed E-state index contributed by atoms with van der Waals surface area (Å²) in [6.45, 7) is 4.77. The van der Waals surface area contributed by atoms with Crippen LogP contribution in [-0.4, -0.2) is 87.0 Å². The maximum atomic E-state index is 13.3. The molecule has 0 saturated carbocycles. The Morgan fingerprint density at radius 2 is 1.41 bits per heavy atom. The smallest absolute Gasteiger partial charge is 0.254 e. The highest BCUT2D eigenvalue weighted by Gasteiger charge is 2.26. The van der Waals surface area contributed by atoms with E-state index in [1.54, 1.807) is 24.1 Å². The molecule has 0 aromatic heterocycles. The molecular formula is C31H34FN5O4. The van der Waals surface area contributed by atoms with Crippen molar-refractivity contribution in [3.63, 3.8) is 0 Å². The number of anilines is 2. The molecule has 2 aliphatic heterocycles. The average Bonchev–Trinajstić information content (AvgIpc) is 3.01. The third-order valence-electron chi connectivity index (χ3n) is 7.44. The molecule has 0 aliphatic carbocycles. The standard InChI is InChI=1S/C31H34FN5O4/c1-41-26-9-2-22(3-10-26)20-29(38)34-27-21-24(31(40)36-14-12-33-13-15-36)6-11-28(27)35-16-18-37(19-17-35)30(39)23-4-7-25(32)8-5-23/h2-11,21,33H,12-20H2,1H3,(H,34,38). The van der Waals surface area contributed by atoms with Crippen molar-refractivity contribution < 1.29 is 23.5 Å². The van der Waals surface area contributed by atoms with Crippen molar-refractivity contribution >= 4 is 29.1 Å². The van der Waals surface area contributed by atoms with Crippen LogP contribution in [0.15, 0.2) is 66.7 Å². The number of hydrogen-bond acceptors (Lipinski definition) is 6. The zero-order chi connectivity index (χ0) is 28.8. The summed E-state index contributed by atoms with van der Waals surface area (Å²) in [6, 6.07) is 18.3. The molecule has 2 heterocycles. The predicted molar refractivity (Wildman–Crippen MR) is 155 cm³/mol. The first-order chi connectivity index (χ1) is 19.9. The second-order valence-corrected chi connectivity index (χ2v) is 10.1. The number of amides is 3. The summed E-state index contributed by atoms with van der Waals surface area (Å²) >= 11 is 0. The summed E-state index contributed by atoms with van der Waals surface area (Å²) in [5.74, 6) is -0.0826. The summed E-state index contributed by atoms with van der Waals surface area (Å²) in [4.78, 5) is 45.0. The summed E-state index contributed by atoms with van der Waals surface area (Å²) in [6.07, 6.45) is 0.166. The van der Waals surface area contributed by atoms with E-state index < -0.39 is 0 Å². The van der Waals surface area contributed by atoms with Crippen molar-refractivity contribution in [2.24, 2.45) is 0 Å². The molecule has 2 aliphatic rings. The molecule has 214 valence electrons. The second kappa shape index (κ2) is 12.8. The highest BCUT2D eigenvalue weighted by atomic mass is 19.1. The van der Waals surface area contributed by atoms with Crippen LogP contribution in [0, 0.1) is 5.82 Å². The van der Waals surface area contributed by atoms with E-state index in [0.29, 0.717) is 61.8 Å². The minimum atomic E-state index is -0.383. The van der Waals surface area contributed by atoms with Gasteiger partial charge in [0.1, 0.15) is 11.6 Å². The third-order valence-corrected chi connectivity index (χ3v) is 7.44. The lowest BCUT2D eigenvalue weighted by molar-refractivity contribution is -0.115. The van der Waals surface area contributed by atoms with E-state index in [9.17, 15) is 18.8 Å². The molecule has 0 atom stereocenters.